The number of nitriles is 1. The third-order valence-corrected chi connectivity index (χ3v) is 4.10. The second kappa shape index (κ2) is 7.16. The van der Waals surface area contributed by atoms with Crippen molar-refractivity contribution in [2.45, 2.75) is 0 Å². The largest absolute Gasteiger partial charge is 0.365 e. The van der Waals surface area contributed by atoms with Gasteiger partial charge < -0.3 is 5.73 Å². The van der Waals surface area contributed by atoms with E-state index in [0.717, 1.165) is 15.7 Å². The Labute approximate surface area is 153 Å². The highest BCUT2D eigenvalue weighted by molar-refractivity contribution is 9.10. The van der Waals surface area contributed by atoms with Crippen molar-refractivity contribution in [3.8, 4) is 23.0 Å². The van der Waals surface area contributed by atoms with Gasteiger partial charge in [0.05, 0.1) is 11.4 Å². The molecule has 1 aromatic heterocycles. The normalized spacial score (nSPS) is 11.1. The average Bonchev–Trinajstić information content (AvgIpc) is 3.04. The monoisotopic (exact) mass is 392 g/mol. The molecule has 2 N–H and O–H groups in total. The van der Waals surface area contributed by atoms with Gasteiger partial charge in [0.1, 0.15) is 11.6 Å². The van der Waals surface area contributed by atoms with E-state index in [1.807, 2.05) is 60.7 Å². The fourth-order valence-corrected chi connectivity index (χ4v) is 2.62. The standard InChI is InChI=1S/C19H13BrN4O/c20-16-8-6-13(7-9-16)18-15(10-14(11-21)19(22)25)12-24(23-18)17-4-2-1-3-5-17/h1-10,12H,(H2,22,25)/b14-10+. The predicted octanol–water partition coefficient (Wildman–Crippen LogP) is 3.69. The van der Waals surface area contributed by atoms with Crippen molar-refractivity contribution in [1.29, 1.82) is 5.26 Å². The van der Waals surface area contributed by atoms with Crippen molar-refractivity contribution in [1.82, 2.24) is 9.78 Å². The fourth-order valence-electron chi connectivity index (χ4n) is 2.35. The van der Waals surface area contributed by atoms with Crippen LogP contribution in [0, 0.1) is 11.3 Å². The van der Waals surface area contributed by atoms with Crippen LogP contribution in [0.25, 0.3) is 23.0 Å². The van der Waals surface area contributed by atoms with Crippen molar-refractivity contribution >= 4 is 27.9 Å². The molecule has 0 aliphatic carbocycles. The van der Waals surface area contributed by atoms with Gasteiger partial charge in [0, 0.05) is 21.8 Å². The zero-order valence-corrected chi connectivity index (χ0v) is 14.6. The van der Waals surface area contributed by atoms with E-state index in [0.29, 0.717) is 11.3 Å². The molecule has 0 bridgehead atoms. The Hall–Kier alpha value is -3.17. The summed E-state index contributed by atoms with van der Waals surface area (Å²) >= 11 is 3.41. The second-order valence-electron chi connectivity index (χ2n) is 5.25. The molecular formula is C19H13BrN4O. The second-order valence-corrected chi connectivity index (χ2v) is 6.17. The molecule has 0 aliphatic heterocycles. The molecule has 0 spiro atoms. The Balaban J connectivity index is 2.18. The summed E-state index contributed by atoms with van der Waals surface area (Å²) in [6, 6.07) is 19.1. The van der Waals surface area contributed by atoms with E-state index >= 15 is 0 Å². The van der Waals surface area contributed by atoms with Crippen LogP contribution in [0.15, 0.2) is 70.8 Å². The van der Waals surface area contributed by atoms with Crippen LogP contribution in [0.5, 0.6) is 0 Å². The van der Waals surface area contributed by atoms with Crippen LogP contribution in [-0.2, 0) is 4.79 Å². The molecule has 0 radical (unpaired) electrons. The molecule has 3 aromatic rings. The molecule has 0 saturated carbocycles. The summed E-state index contributed by atoms with van der Waals surface area (Å²) in [5.74, 6) is -0.767. The van der Waals surface area contributed by atoms with Crippen molar-refractivity contribution < 1.29 is 4.79 Å². The van der Waals surface area contributed by atoms with E-state index in [9.17, 15) is 4.79 Å². The van der Waals surface area contributed by atoms with Crippen molar-refractivity contribution in [3.05, 3.63) is 76.4 Å². The maximum absolute atomic E-state index is 11.4. The van der Waals surface area contributed by atoms with Gasteiger partial charge in [-0.15, -0.1) is 0 Å². The molecule has 25 heavy (non-hydrogen) atoms. The van der Waals surface area contributed by atoms with Crippen LogP contribution in [0.4, 0.5) is 0 Å². The minimum absolute atomic E-state index is 0.119. The molecule has 0 unspecified atom stereocenters. The Kier molecular flexibility index (Phi) is 4.78. The summed E-state index contributed by atoms with van der Waals surface area (Å²) in [7, 11) is 0. The lowest BCUT2D eigenvalue weighted by molar-refractivity contribution is -0.114. The van der Waals surface area contributed by atoms with Gasteiger partial charge in [-0.05, 0) is 30.3 Å². The van der Waals surface area contributed by atoms with E-state index in [-0.39, 0.29) is 5.57 Å². The molecule has 0 fully saturated rings. The smallest absolute Gasteiger partial charge is 0.259 e. The molecule has 0 atom stereocenters. The van der Waals surface area contributed by atoms with E-state index in [2.05, 4.69) is 21.0 Å². The summed E-state index contributed by atoms with van der Waals surface area (Å²) in [6.45, 7) is 0. The summed E-state index contributed by atoms with van der Waals surface area (Å²) < 4.78 is 2.66. The number of amides is 1. The molecule has 3 rings (SSSR count). The number of carbonyl (C=O) groups is 1. The maximum Gasteiger partial charge on any atom is 0.259 e. The lowest BCUT2D eigenvalue weighted by Crippen LogP contribution is -2.12. The number of hydrogen-bond donors (Lipinski definition) is 1. The van der Waals surface area contributed by atoms with Crippen LogP contribution >= 0.6 is 15.9 Å². The lowest BCUT2D eigenvalue weighted by atomic mass is 10.1. The van der Waals surface area contributed by atoms with Crippen LogP contribution in [0.1, 0.15) is 5.56 Å². The third-order valence-electron chi connectivity index (χ3n) is 3.57. The number of primary amides is 1. The minimum atomic E-state index is -0.767. The van der Waals surface area contributed by atoms with Crippen LogP contribution in [-0.4, -0.2) is 15.7 Å². The number of para-hydroxylation sites is 1. The van der Waals surface area contributed by atoms with Crippen LogP contribution < -0.4 is 5.73 Å². The molecule has 0 saturated heterocycles. The van der Waals surface area contributed by atoms with Crippen LogP contribution in [0.3, 0.4) is 0 Å². The summed E-state index contributed by atoms with van der Waals surface area (Å²) in [4.78, 5) is 11.4. The molecule has 1 heterocycles. The summed E-state index contributed by atoms with van der Waals surface area (Å²) in [6.07, 6.45) is 3.24. The first kappa shape index (κ1) is 16.7. The van der Waals surface area contributed by atoms with Gasteiger partial charge in [-0.25, -0.2) is 4.68 Å². The maximum atomic E-state index is 11.4. The molecule has 6 heteroatoms. The van der Waals surface area contributed by atoms with Crippen molar-refractivity contribution in [2.24, 2.45) is 5.73 Å². The van der Waals surface area contributed by atoms with Gasteiger partial charge in [0.15, 0.2) is 0 Å². The minimum Gasteiger partial charge on any atom is -0.365 e. The number of nitrogens with zero attached hydrogens (tertiary/aromatic N) is 3. The SMILES string of the molecule is N#C/C(=C\c1cn(-c2ccccc2)nc1-c1ccc(Br)cc1)C(N)=O. The molecule has 122 valence electrons. The fraction of sp³-hybridized carbons (Fsp3) is 0. The first-order valence-electron chi connectivity index (χ1n) is 7.41. The van der Waals surface area contributed by atoms with E-state index in [1.54, 1.807) is 10.9 Å². The third kappa shape index (κ3) is 3.67. The summed E-state index contributed by atoms with van der Waals surface area (Å²) in [5, 5.41) is 13.7. The van der Waals surface area contributed by atoms with Crippen molar-refractivity contribution in [2.75, 3.05) is 0 Å². The Morgan fingerprint density at radius 2 is 1.84 bits per heavy atom. The number of benzene rings is 2. The van der Waals surface area contributed by atoms with Gasteiger partial charge in [-0.1, -0.05) is 46.3 Å². The highest BCUT2D eigenvalue weighted by Crippen LogP contribution is 2.27. The number of aromatic nitrogens is 2. The van der Waals surface area contributed by atoms with E-state index in [4.69, 9.17) is 11.0 Å². The van der Waals surface area contributed by atoms with Gasteiger partial charge >= 0.3 is 0 Å². The molecule has 0 aliphatic rings. The first-order chi connectivity index (χ1) is 12.1. The number of halogens is 1. The number of hydrogen-bond acceptors (Lipinski definition) is 3. The lowest BCUT2D eigenvalue weighted by Gasteiger charge is -2.01. The Morgan fingerprint density at radius 3 is 2.44 bits per heavy atom. The Bertz CT molecular complexity index is 983. The van der Waals surface area contributed by atoms with Crippen LogP contribution in [0.2, 0.25) is 0 Å². The zero-order chi connectivity index (χ0) is 17.8. The average molecular weight is 393 g/mol. The predicted molar refractivity (Wildman–Crippen MR) is 99.5 cm³/mol. The molecule has 1 amide bonds. The molecular weight excluding hydrogens is 380 g/mol. The zero-order valence-electron chi connectivity index (χ0n) is 13.1. The number of carbonyl (C=O) groups excluding carboxylic acids is 1. The topological polar surface area (TPSA) is 84.7 Å². The van der Waals surface area contributed by atoms with E-state index < -0.39 is 5.91 Å². The summed E-state index contributed by atoms with van der Waals surface area (Å²) in [5.41, 5.74) is 8.18. The highest BCUT2D eigenvalue weighted by atomic mass is 79.9. The van der Waals surface area contributed by atoms with E-state index in [1.165, 1.54) is 6.08 Å². The highest BCUT2D eigenvalue weighted by Gasteiger charge is 2.13. The van der Waals surface area contributed by atoms with Gasteiger partial charge in [-0.2, -0.15) is 10.4 Å². The molecule has 5 nitrogen and oxygen atoms in total. The Morgan fingerprint density at radius 1 is 1.16 bits per heavy atom. The molecule has 2 aromatic carbocycles. The number of rotatable bonds is 4. The van der Waals surface area contributed by atoms with Gasteiger partial charge in [0.25, 0.3) is 5.91 Å². The van der Waals surface area contributed by atoms with Crippen molar-refractivity contribution in [3.63, 3.8) is 0 Å². The quantitative estimate of drug-likeness (QED) is 0.542. The number of nitrogens with two attached hydrogens (primary N) is 1. The first-order valence-corrected chi connectivity index (χ1v) is 8.20. The van der Waals surface area contributed by atoms with Gasteiger partial charge in [-0.3, -0.25) is 4.79 Å². The van der Waals surface area contributed by atoms with Gasteiger partial charge in [0.2, 0.25) is 0 Å².